The highest BCUT2D eigenvalue weighted by atomic mass is 79.9. The molecule has 2 atom stereocenters. The van der Waals surface area contributed by atoms with Crippen molar-refractivity contribution in [1.82, 2.24) is 9.97 Å². The molecular formula is C17H23BrN2O. The van der Waals surface area contributed by atoms with E-state index < -0.39 is 0 Å². The molecule has 1 N–H and O–H groups in total. The first-order valence-corrected chi connectivity index (χ1v) is 8.79. The Kier molecular flexibility index (Phi) is 2.67. The minimum atomic E-state index is -0.0245. The van der Waals surface area contributed by atoms with E-state index in [1.54, 1.807) is 0 Å². The number of aryl methyl sites for hydroxylation is 1. The van der Waals surface area contributed by atoms with Gasteiger partial charge in [-0.15, -0.1) is 0 Å². The van der Waals surface area contributed by atoms with Crippen molar-refractivity contribution in [3.63, 3.8) is 0 Å². The smallest absolute Gasteiger partial charge is 0.265 e. The standard InChI is InChI=1S/C17H23BrN2O/c1-10-12(18)13(21)20-14(19-10)17-6-11-4-15(2,8-17)7-16(3,5-11)9-17/h11H,4-9H2,1-3H3,(H,19,20,21). The molecule has 2 unspecified atom stereocenters. The average Bonchev–Trinajstić information content (AvgIpc) is 2.30. The lowest BCUT2D eigenvalue weighted by Crippen LogP contribution is -2.57. The number of rotatable bonds is 1. The molecule has 4 aliphatic carbocycles. The van der Waals surface area contributed by atoms with Gasteiger partial charge in [0.15, 0.2) is 0 Å². The third kappa shape index (κ3) is 1.97. The van der Waals surface area contributed by atoms with Crippen LogP contribution < -0.4 is 5.56 Å². The molecule has 5 rings (SSSR count). The maximum Gasteiger partial charge on any atom is 0.265 e. The van der Waals surface area contributed by atoms with Crippen LogP contribution in [0.4, 0.5) is 0 Å². The molecule has 0 amide bonds. The van der Waals surface area contributed by atoms with Gasteiger partial charge in [-0.3, -0.25) is 4.79 Å². The molecule has 0 aromatic carbocycles. The maximum absolute atomic E-state index is 12.2. The van der Waals surface area contributed by atoms with Gasteiger partial charge in [0.2, 0.25) is 0 Å². The van der Waals surface area contributed by atoms with E-state index in [1.807, 2.05) is 6.92 Å². The van der Waals surface area contributed by atoms with Crippen molar-refractivity contribution in [2.75, 3.05) is 0 Å². The summed E-state index contributed by atoms with van der Waals surface area (Å²) in [6.45, 7) is 6.83. The minimum Gasteiger partial charge on any atom is -0.309 e. The van der Waals surface area contributed by atoms with Crippen LogP contribution in [0.5, 0.6) is 0 Å². The molecule has 1 aromatic heterocycles. The Morgan fingerprint density at radius 2 is 1.76 bits per heavy atom. The van der Waals surface area contributed by atoms with E-state index in [2.05, 4.69) is 34.8 Å². The van der Waals surface area contributed by atoms with Crippen LogP contribution in [0.2, 0.25) is 0 Å². The molecule has 0 radical (unpaired) electrons. The maximum atomic E-state index is 12.2. The quantitative estimate of drug-likeness (QED) is 0.828. The molecule has 3 nitrogen and oxygen atoms in total. The third-order valence-corrected chi connectivity index (χ3v) is 7.09. The lowest BCUT2D eigenvalue weighted by molar-refractivity contribution is -0.112. The number of aromatic amines is 1. The highest BCUT2D eigenvalue weighted by Crippen LogP contribution is 2.69. The van der Waals surface area contributed by atoms with Crippen LogP contribution in [0.25, 0.3) is 0 Å². The summed E-state index contributed by atoms with van der Waals surface area (Å²) in [5.41, 5.74) is 1.78. The predicted molar refractivity (Wildman–Crippen MR) is 86.4 cm³/mol. The Morgan fingerprint density at radius 3 is 2.29 bits per heavy atom. The molecule has 0 aliphatic heterocycles. The molecule has 21 heavy (non-hydrogen) atoms. The van der Waals surface area contributed by atoms with Crippen LogP contribution in [0.3, 0.4) is 0 Å². The summed E-state index contributed by atoms with van der Waals surface area (Å²) in [5.74, 6) is 1.76. The fraction of sp³-hybridized carbons (Fsp3) is 0.765. The van der Waals surface area contributed by atoms with Crippen LogP contribution in [-0.4, -0.2) is 9.97 Å². The molecule has 1 aromatic rings. The second-order valence-corrected chi connectivity index (χ2v) is 9.52. The van der Waals surface area contributed by atoms with Gasteiger partial charge in [0.1, 0.15) is 10.3 Å². The molecule has 4 bridgehead atoms. The minimum absolute atomic E-state index is 0.0245. The van der Waals surface area contributed by atoms with Crippen LogP contribution >= 0.6 is 15.9 Å². The molecule has 4 aliphatic rings. The monoisotopic (exact) mass is 350 g/mol. The summed E-state index contributed by atoms with van der Waals surface area (Å²) in [5, 5.41) is 0. The number of nitrogens with one attached hydrogen (secondary N) is 1. The van der Waals surface area contributed by atoms with Crippen LogP contribution in [0, 0.1) is 23.7 Å². The first-order chi connectivity index (χ1) is 9.73. The van der Waals surface area contributed by atoms with Crippen molar-refractivity contribution in [3.8, 4) is 0 Å². The van der Waals surface area contributed by atoms with Gasteiger partial charge < -0.3 is 4.98 Å². The molecule has 0 spiro atoms. The summed E-state index contributed by atoms with van der Waals surface area (Å²) in [6, 6.07) is 0. The third-order valence-electron chi connectivity index (χ3n) is 6.16. The fourth-order valence-electron chi connectivity index (χ4n) is 6.53. The largest absolute Gasteiger partial charge is 0.309 e. The summed E-state index contributed by atoms with van der Waals surface area (Å²) in [7, 11) is 0. The highest BCUT2D eigenvalue weighted by molar-refractivity contribution is 9.10. The van der Waals surface area contributed by atoms with Gasteiger partial charge in [0.05, 0.1) is 5.69 Å². The van der Waals surface area contributed by atoms with Gasteiger partial charge in [-0.05, 0) is 78.1 Å². The summed E-state index contributed by atoms with van der Waals surface area (Å²) < 4.78 is 0.577. The SMILES string of the molecule is Cc1nc(C23CC4CC(C)(CC(C)(C4)C2)C3)[nH]c(=O)c1Br. The average molecular weight is 351 g/mol. The molecule has 4 heteroatoms. The lowest BCUT2D eigenvalue weighted by Gasteiger charge is -2.65. The van der Waals surface area contributed by atoms with Crippen molar-refractivity contribution < 1.29 is 0 Å². The first kappa shape index (κ1) is 14.0. The van der Waals surface area contributed by atoms with Crippen molar-refractivity contribution >= 4 is 15.9 Å². The molecule has 4 fully saturated rings. The van der Waals surface area contributed by atoms with E-state index in [1.165, 1.54) is 38.5 Å². The highest BCUT2D eigenvalue weighted by Gasteiger charge is 2.61. The Labute approximate surface area is 134 Å². The van der Waals surface area contributed by atoms with Gasteiger partial charge in [0.25, 0.3) is 5.56 Å². The van der Waals surface area contributed by atoms with E-state index >= 15 is 0 Å². The Balaban J connectivity index is 1.86. The number of halogens is 1. The number of nitrogens with zero attached hydrogens (tertiary/aromatic N) is 1. The van der Waals surface area contributed by atoms with Gasteiger partial charge in [-0.2, -0.15) is 0 Å². The second kappa shape index (κ2) is 4.01. The Morgan fingerprint density at radius 1 is 1.14 bits per heavy atom. The number of aromatic nitrogens is 2. The van der Waals surface area contributed by atoms with Crippen LogP contribution in [0.15, 0.2) is 9.27 Å². The zero-order chi connectivity index (χ0) is 15.0. The molecule has 4 saturated carbocycles. The number of hydrogen-bond donors (Lipinski definition) is 1. The lowest BCUT2D eigenvalue weighted by atomic mass is 9.40. The van der Waals surface area contributed by atoms with E-state index in [0.29, 0.717) is 15.3 Å². The van der Waals surface area contributed by atoms with E-state index in [-0.39, 0.29) is 11.0 Å². The molecule has 0 saturated heterocycles. The zero-order valence-corrected chi connectivity index (χ0v) is 14.6. The van der Waals surface area contributed by atoms with Crippen LogP contribution in [0.1, 0.15) is 63.9 Å². The Hall–Kier alpha value is -0.640. The predicted octanol–water partition coefficient (Wildman–Crippen LogP) is 4.09. The molecule has 114 valence electrons. The van der Waals surface area contributed by atoms with E-state index in [0.717, 1.165) is 17.4 Å². The zero-order valence-electron chi connectivity index (χ0n) is 13.1. The van der Waals surface area contributed by atoms with Crippen LogP contribution in [-0.2, 0) is 5.41 Å². The van der Waals surface area contributed by atoms with Crippen molar-refractivity contribution in [2.24, 2.45) is 16.7 Å². The normalized spacial score (nSPS) is 44.3. The van der Waals surface area contributed by atoms with Gasteiger partial charge in [0, 0.05) is 5.41 Å². The second-order valence-electron chi connectivity index (χ2n) is 8.72. The summed E-state index contributed by atoms with van der Waals surface area (Å²) in [4.78, 5) is 20.0. The van der Waals surface area contributed by atoms with Crippen molar-refractivity contribution in [3.05, 3.63) is 26.3 Å². The van der Waals surface area contributed by atoms with E-state index in [4.69, 9.17) is 4.98 Å². The molecular weight excluding hydrogens is 328 g/mol. The van der Waals surface area contributed by atoms with Crippen molar-refractivity contribution in [1.29, 1.82) is 0 Å². The van der Waals surface area contributed by atoms with Gasteiger partial charge in [-0.25, -0.2) is 4.98 Å². The topological polar surface area (TPSA) is 45.8 Å². The number of H-pyrrole nitrogens is 1. The number of hydrogen-bond acceptors (Lipinski definition) is 2. The van der Waals surface area contributed by atoms with Crippen molar-refractivity contribution in [2.45, 2.75) is 64.7 Å². The van der Waals surface area contributed by atoms with Gasteiger partial charge in [-0.1, -0.05) is 13.8 Å². The molecule has 1 heterocycles. The summed E-state index contributed by atoms with van der Waals surface area (Å²) >= 11 is 3.34. The van der Waals surface area contributed by atoms with E-state index in [9.17, 15) is 4.79 Å². The first-order valence-electron chi connectivity index (χ1n) is 8.00. The van der Waals surface area contributed by atoms with Gasteiger partial charge >= 0.3 is 0 Å². The Bertz CT molecular complexity index is 662. The summed E-state index contributed by atoms with van der Waals surface area (Å²) in [6.07, 6.45) is 7.67. The fourth-order valence-corrected chi connectivity index (χ4v) is 6.72.